The van der Waals surface area contributed by atoms with E-state index < -0.39 is 18.0 Å². The molecule has 2 N–H and O–H groups in total. The number of rotatable bonds is 4. The minimum absolute atomic E-state index is 0.167. The van der Waals surface area contributed by atoms with Crippen LogP contribution in [0.3, 0.4) is 0 Å². The molecule has 2 fully saturated rings. The predicted octanol–water partition coefficient (Wildman–Crippen LogP) is 3.35. The van der Waals surface area contributed by atoms with E-state index in [1.807, 2.05) is 27.7 Å². The van der Waals surface area contributed by atoms with Crippen LogP contribution in [0.4, 0.5) is 0 Å². The monoisotopic (exact) mass is 328 g/mol. The zero-order chi connectivity index (χ0) is 17.4. The first kappa shape index (κ1) is 19.2. The highest BCUT2D eigenvalue weighted by molar-refractivity contribution is 4.92. The van der Waals surface area contributed by atoms with Crippen LogP contribution in [0.2, 0.25) is 0 Å². The molecule has 2 aliphatic rings. The van der Waals surface area contributed by atoms with Gasteiger partial charge in [0.2, 0.25) is 0 Å². The van der Waals surface area contributed by atoms with Crippen molar-refractivity contribution >= 4 is 0 Å². The molecule has 0 radical (unpaired) electrons. The number of hydrogen-bond acceptors (Lipinski definition) is 4. The Kier molecular flexibility index (Phi) is 6.15. The Morgan fingerprint density at radius 2 is 1.13 bits per heavy atom. The fraction of sp³-hybridized carbons (Fsp3) is 1.00. The van der Waals surface area contributed by atoms with Crippen LogP contribution >= 0.6 is 0 Å². The Hall–Kier alpha value is -0.160. The second-order valence-corrected chi connectivity index (χ2v) is 8.78. The Balaban J connectivity index is 2.17. The molecule has 2 aliphatic heterocycles. The molecule has 4 nitrogen and oxygen atoms in total. The molecule has 2 heterocycles. The minimum Gasteiger partial charge on any atom is -0.390 e. The van der Waals surface area contributed by atoms with Gasteiger partial charge in [0.15, 0.2) is 5.79 Å². The Morgan fingerprint density at radius 3 is 1.43 bits per heavy atom. The van der Waals surface area contributed by atoms with E-state index in [1.54, 1.807) is 0 Å². The molecule has 0 aromatic heterocycles. The zero-order valence-electron chi connectivity index (χ0n) is 15.7. The normalized spacial score (nSPS) is 41.5. The topological polar surface area (TPSA) is 58.9 Å². The van der Waals surface area contributed by atoms with Gasteiger partial charge < -0.3 is 19.7 Å². The second-order valence-electron chi connectivity index (χ2n) is 8.78. The Labute approximate surface area is 141 Å². The lowest BCUT2D eigenvalue weighted by Crippen LogP contribution is -2.56. The van der Waals surface area contributed by atoms with Crippen LogP contribution < -0.4 is 0 Å². The van der Waals surface area contributed by atoms with Gasteiger partial charge in [0.1, 0.15) is 0 Å². The van der Waals surface area contributed by atoms with Crippen LogP contribution in [0.5, 0.6) is 0 Å². The van der Waals surface area contributed by atoms with Gasteiger partial charge in [-0.1, -0.05) is 41.5 Å². The maximum Gasteiger partial charge on any atom is 0.169 e. The Morgan fingerprint density at radius 1 is 0.783 bits per heavy atom. The van der Waals surface area contributed by atoms with E-state index in [9.17, 15) is 10.2 Å². The molecule has 2 saturated heterocycles. The molecule has 1 unspecified atom stereocenters. The van der Waals surface area contributed by atoms with Crippen molar-refractivity contribution in [2.24, 2.45) is 23.7 Å². The number of aliphatic hydroxyl groups excluding tert-OH is 2. The largest absolute Gasteiger partial charge is 0.390 e. The van der Waals surface area contributed by atoms with Gasteiger partial charge in [0, 0.05) is 12.8 Å². The first-order valence-electron chi connectivity index (χ1n) is 9.35. The van der Waals surface area contributed by atoms with Crippen molar-refractivity contribution in [1.29, 1.82) is 0 Å². The predicted molar refractivity (Wildman–Crippen MR) is 91.0 cm³/mol. The molecule has 0 aromatic carbocycles. The quantitative estimate of drug-likeness (QED) is 0.831. The van der Waals surface area contributed by atoms with Crippen LogP contribution in [-0.4, -0.2) is 40.4 Å². The van der Waals surface area contributed by atoms with Gasteiger partial charge in [-0.05, 0) is 36.5 Å². The maximum atomic E-state index is 10.5. The summed E-state index contributed by atoms with van der Waals surface area (Å²) in [6.45, 7) is 12.5. The van der Waals surface area contributed by atoms with Crippen molar-refractivity contribution in [1.82, 2.24) is 0 Å². The average molecular weight is 328 g/mol. The van der Waals surface area contributed by atoms with Gasteiger partial charge >= 0.3 is 0 Å². The van der Waals surface area contributed by atoms with Gasteiger partial charge in [-0.15, -0.1) is 0 Å². The lowest BCUT2D eigenvalue weighted by Gasteiger charge is -2.51. The summed E-state index contributed by atoms with van der Waals surface area (Å²) in [5.41, 5.74) is 0. The summed E-state index contributed by atoms with van der Waals surface area (Å²) in [5.74, 6) is 0.588. The third-order valence-electron chi connectivity index (χ3n) is 5.45. The van der Waals surface area contributed by atoms with Crippen LogP contribution in [0.25, 0.3) is 0 Å². The molecule has 2 rings (SSSR count). The van der Waals surface area contributed by atoms with Crippen molar-refractivity contribution in [3.8, 4) is 0 Å². The van der Waals surface area contributed by atoms with E-state index in [0.29, 0.717) is 11.8 Å². The fourth-order valence-corrected chi connectivity index (χ4v) is 4.25. The first-order chi connectivity index (χ1) is 10.6. The van der Waals surface area contributed by atoms with E-state index in [-0.39, 0.29) is 24.0 Å². The van der Waals surface area contributed by atoms with E-state index in [4.69, 9.17) is 9.47 Å². The van der Waals surface area contributed by atoms with Gasteiger partial charge in [-0.25, -0.2) is 0 Å². The summed E-state index contributed by atoms with van der Waals surface area (Å²) < 4.78 is 12.7. The molecule has 0 bridgehead atoms. The van der Waals surface area contributed by atoms with Gasteiger partial charge in [-0.2, -0.15) is 0 Å². The van der Waals surface area contributed by atoms with Crippen molar-refractivity contribution < 1.29 is 19.7 Å². The van der Waals surface area contributed by atoms with Gasteiger partial charge in [0.25, 0.3) is 0 Å². The fourth-order valence-electron chi connectivity index (χ4n) is 4.25. The maximum absolute atomic E-state index is 10.5. The highest BCUT2D eigenvalue weighted by Gasteiger charge is 2.49. The second kappa shape index (κ2) is 7.38. The zero-order valence-corrected chi connectivity index (χ0v) is 15.7. The summed E-state index contributed by atoms with van der Waals surface area (Å²) >= 11 is 0. The molecule has 1 spiro atoms. The highest BCUT2D eigenvalue weighted by atomic mass is 16.7. The van der Waals surface area contributed by atoms with Gasteiger partial charge in [0.05, 0.1) is 24.4 Å². The lowest BCUT2D eigenvalue weighted by atomic mass is 9.79. The summed E-state index contributed by atoms with van der Waals surface area (Å²) in [5, 5.41) is 21.0. The van der Waals surface area contributed by atoms with Crippen molar-refractivity contribution in [2.45, 2.75) is 97.4 Å². The Bertz CT molecular complexity index is 346. The SMILES string of the molecule is CC(C)[C@@H](O)[C@H]1C[C@@H](C)CC2(C[C@@H](C)C[C@H]([C@@H](O)C(C)C)O2)O1. The third-order valence-corrected chi connectivity index (χ3v) is 5.45. The van der Waals surface area contributed by atoms with Crippen LogP contribution in [0.15, 0.2) is 0 Å². The van der Waals surface area contributed by atoms with Crippen molar-refractivity contribution in [2.75, 3.05) is 0 Å². The van der Waals surface area contributed by atoms with E-state index in [0.717, 1.165) is 25.7 Å². The summed E-state index contributed by atoms with van der Waals surface area (Å²) in [7, 11) is 0. The van der Waals surface area contributed by atoms with Gasteiger partial charge in [-0.3, -0.25) is 0 Å². The highest BCUT2D eigenvalue weighted by Crippen LogP contribution is 2.45. The molecule has 0 saturated carbocycles. The first-order valence-corrected chi connectivity index (χ1v) is 9.35. The van der Waals surface area contributed by atoms with Crippen molar-refractivity contribution in [3.63, 3.8) is 0 Å². The van der Waals surface area contributed by atoms with E-state index in [2.05, 4.69) is 13.8 Å². The molecular formula is C19H36O4. The summed E-state index contributed by atoms with van der Waals surface area (Å²) in [4.78, 5) is 0. The third kappa shape index (κ3) is 4.47. The molecule has 136 valence electrons. The average Bonchev–Trinajstić information content (AvgIpc) is 2.43. The molecule has 4 heteroatoms. The van der Waals surface area contributed by atoms with Crippen molar-refractivity contribution in [3.05, 3.63) is 0 Å². The molecule has 23 heavy (non-hydrogen) atoms. The minimum atomic E-state index is -0.642. The number of ether oxygens (including phenoxy) is 2. The lowest BCUT2D eigenvalue weighted by molar-refractivity contribution is -0.349. The van der Waals surface area contributed by atoms with Crippen LogP contribution in [0, 0.1) is 23.7 Å². The summed E-state index contributed by atoms with van der Waals surface area (Å²) in [6, 6.07) is 0. The smallest absolute Gasteiger partial charge is 0.169 e. The molecule has 0 aliphatic carbocycles. The number of hydrogen-bond donors (Lipinski definition) is 2. The van der Waals surface area contributed by atoms with E-state index in [1.165, 1.54) is 0 Å². The molecule has 0 amide bonds. The molecule has 0 aromatic rings. The standard InChI is InChI=1S/C19H36O4/c1-11(2)17(20)15-7-13(5)9-19(22-15)10-14(6)8-16(23-19)18(21)12(3)4/h11-18,20-21H,7-10H2,1-6H3/t13-,14+,15-,16-,17-,18+,19?/m1/s1. The summed E-state index contributed by atoms with van der Waals surface area (Å²) in [6.07, 6.45) is 2.14. The van der Waals surface area contributed by atoms with Crippen LogP contribution in [0.1, 0.15) is 67.2 Å². The molecular weight excluding hydrogens is 292 g/mol. The molecule has 7 atom stereocenters. The van der Waals surface area contributed by atoms with Crippen LogP contribution in [-0.2, 0) is 9.47 Å². The number of aliphatic hydroxyl groups is 2. The van der Waals surface area contributed by atoms with E-state index >= 15 is 0 Å².